The lowest BCUT2D eigenvalue weighted by Crippen LogP contribution is -1.98. The van der Waals surface area contributed by atoms with Crippen molar-refractivity contribution in [3.05, 3.63) is 297 Å². The van der Waals surface area contributed by atoms with Crippen LogP contribution in [0.15, 0.2) is 285 Å². The maximum Gasteiger partial charge on any atom is 0.136 e. The van der Waals surface area contributed by atoms with Crippen LogP contribution in [0.25, 0.3) is 176 Å². The highest BCUT2D eigenvalue weighted by Gasteiger charge is 2.25. The summed E-state index contributed by atoms with van der Waals surface area (Å²) >= 11 is 0. The average Bonchev–Trinajstić information content (AvgIpc) is 0.750. The van der Waals surface area contributed by atoms with E-state index in [1.165, 1.54) is 64.6 Å². The predicted octanol–water partition coefficient (Wildman–Crippen LogP) is 23.0. The first-order chi connectivity index (χ1) is 46.4. The highest BCUT2D eigenvalue weighted by atomic mass is 16.5. The summed E-state index contributed by atoms with van der Waals surface area (Å²) in [5.41, 5.74) is 18.3. The molecule has 7 nitrogen and oxygen atoms in total. The van der Waals surface area contributed by atoms with Crippen LogP contribution in [0.2, 0.25) is 0 Å². The molecule has 2 aliphatic heterocycles. The fourth-order valence-corrected chi connectivity index (χ4v) is 14.8. The van der Waals surface area contributed by atoms with Gasteiger partial charge in [0.2, 0.25) is 0 Å². The van der Waals surface area contributed by atoms with Gasteiger partial charge in [0.15, 0.2) is 0 Å². The van der Waals surface area contributed by atoms with E-state index in [1.807, 2.05) is 91.0 Å². The van der Waals surface area contributed by atoms with E-state index in [9.17, 15) is 10.5 Å². The number of nitriles is 2. The molecular weight excluding hydrogens is 1150 g/mol. The molecule has 3 aromatic heterocycles. The molecule has 0 N–H and O–H groups in total. The number of fused-ring (bicyclic) bond motifs is 4. The number of pyridine rings is 3. The van der Waals surface area contributed by atoms with Crippen molar-refractivity contribution < 1.29 is 9.47 Å². The third kappa shape index (κ3) is 8.40. The SMILES string of the molecule is N#Cc1ccc2c3c(cccc13)-c1ccc(-c3cc4ccc5cc(-c6cccc(-c7ccccc7)n6)cc6ccc(c3)c4c56)cc1O2.N#Cc1ccc2c3c(cccc13)Oc1cc(-c3cc4ccc5cc(-c6cccc(-c7ccncc7)n6)cc6ccc(c3)c4c56)ccc1-2. The monoisotopic (exact) mass is 1190 g/mol. The fraction of sp³-hybridized carbons (Fsp3) is 0. The van der Waals surface area contributed by atoms with Gasteiger partial charge < -0.3 is 9.47 Å². The number of rotatable bonds is 6. The van der Waals surface area contributed by atoms with Crippen LogP contribution in [-0.2, 0) is 0 Å². The number of benzene rings is 15. The Morgan fingerprint density at radius 2 is 0.617 bits per heavy atom. The maximum atomic E-state index is 9.65. The molecule has 0 atom stereocenters. The highest BCUT2D eigenvalue weighted by Crippen LogP contribution is 2.51. The van der Waals surface area contributed by atoms with Crippen LogP contribution in [0.3, 0.4) is 0 Å². The molecule has 94 heavy (non-hydrogen) atoms. The second kappa shape index (κ2) is 20.7. The Bertz CT molecular complexity index is 5850. The van der Waals surface area contributed by atoms with E-state index in [0.29, 0.717) is 11.1 Å². The Morgan fingerprint density at radius 1 is 0.245 bits per heavy atom. The van der Waals surface area contributed by atoms with E-state index >= 15 is 0 Å². The molecule has 0 bridgehead atoms. The first kappa shape index (κ1) is 52.8. The largest absolute Gasteiger partial charge is 0.456 e. The van der Waals surface area contributed by atoms with Crippen molar-refractivity contribution in [2.75, 3.05) is 0 Å². The van der Waals surface area contributed by atoms with Crippen molar-refractivity contribution in [3.63, 3.8) is 0 Å². The normalized spacial score (nSPS) is 12.0. The Kier molecular flexibility index (Phi) is 11.7. The minimum Gasteiger partial charge on any atom is -0.456 e. The summed E-state index contributed by atoms with van der Waals surface area (Å²) in [4.78, 5) is 14.2. The molecule has 15 aromatic carbocycles. The number of hydrogen-bond acceptors (Lipinski definition) is 7. The van der Waals surface area contributed by atoms with Gasteiger partial charge in [-0.25, -0.2) is 9.97 Å². The van der Waals surface area contributed by atoms with E-state index in [1.54, 1.807) is 12.4 Å². The van der Waals surface area contributed by atoms with Crippen molar-refractivity contribution >= 4 is 86.2 Å². The zero-order chi connectivity index (χ0) is 62.1. The number of ether oxygens (including phenoxy) is 2. The number of hydrogen-bond donors (Lipinski definition) is 0. The van der Waals surface area contributed by atoms with Crippen LogP contribution in [0.5, 0.6) is 23.0 Å². The summed E-state index contributed by atoms with van der Waals surface area (Å²) in [6.45, 7) is 0. The van der Waals surface area contributed by atoms with Gasteiger partial charge in [0, 0.05) is 67.3 Å². The van der Waals surface area contributed by atoms with E-state index in [4.69, 9.17) is 19.4 Å². The lowest BCUT2D eigenvalue weighted by Gasteiger charge is -2.22. The topological polar surface area (TPSA) is 105 Å². The quantitative estimate of drug-likeness (QED) is 0.153. The molecule has 0 saturated carbocycles. The standard InChI is InChI=1S/C44H24N2O.C43H23N3O/c45-25-32-17-19-40-44-35(32)8-4-9-37(44)36-18-16-27(24-41(36)47-40)33-20-28-12-14-30-22-34(23-31-15-13-29(21-33)42(28)43(30)31)39-11-5-10-38(46-39)26-6-2-1-3-7-26;44-24-31-12-14-36-35-13-11-26(23-40(35)47-39-6-1-3-34(31)43(36)39)32-19-27-7-9-29-21-33(22-30-10-8-28(20-32)41(27)42(29)30)38-5-2-4-37(46-38)25-15-17-45-18-16-25/h1-24H;1-23H. The van der Waals surface area contributed by atoms with Gasteiger partial charge in [0.05, 0.1) is 46.0 Å². The fourth-order valence-electron chi connectivity index (χ4n) is 14.8. The predicted molar refractivity (Wildman–Crippen MR) is 382 cm³/mol. The van der Waals surface area contributed by atoms with Crippen LogP contribution in [0, 0.1) is 22.7 Å². The summed E-state index contributed by atoms with van der Waals surface area (Å²) in [5, 5.41) is 37.9. The van der Waals surface area contributed by atoms with Gasteiger partial charge in [0.1, 0.15) is 23.0 Å². The molecule has 2 aliphatic rings. The average molecular weight is 1190 g/mol. The Morgan fingerprint density at radius 3 is 1.07 bits per heavy atom. The number of nitrogens with zero attached hydrogens (tertiary/aromatic N) is 5. The summed E-state index contributed by atoms with van der Waals surface area (Å²) in [6, 6.07) is 100. The van der Waals surface area contributed by atoms with Crippen molar-refractivity contribution in [1.82, 2.24) is 15.0 Å². The molecule has 18 aromatic rings. The van der Waals surface area contributed by atoms with Crippen LogP contribution < -0.4 is 9.47 Å². The van der Waals surface area contributed by atoms with Crippen LogP contribution >= 0.6 is 0 Å². The molecule has 0 unspecified atom stereocenters. The van der Waals surface area contributed by atoms with E-state index in [-0.39, 0.29) is 0 Å². The molecule has 7 heteroatoms. The third-order valence-corrected chi connectivity index (χ3v) is 19.1. The van der Waals surface area contributed by atoms with E-state index in [0.717, 1.165) is 134 Å². The highest BCUT2D eigenvalue weighted by molar-refractivity contribution is 6.26. The maximum absolute atomic E-state index is 9.65. The second-order valence-corrected chi connectivity index (χ2v) is 24.4. The molecule has 0 spiro atoms. The van der Waals surface area contributed by atoms with Gasteiger partial charge in [-0.05, 0) is 231 Å². The molecule has 0 fully saturated rings. The molecular formula is C87H47N5O2. The lowest BCUT2D eigenvalue weighted by molar-refractivity contribution is 0.487. The third-order valence-electron chi connectivity index (χ3n) is 19.1. The van der Waals surface area contributed by atoms with E-state index in [2.05, 4.69) is 199 Å². The summed E-state index contributed by atoms with van der Waals surface area (Å²) in [5.74, 6) is 3.23. The zero-order valence-electron chi connectivity index (χ0n) is 50.2. The van der Waals surface area contributed by atoms with Gasteiger partial charge in [-0.2, -0.15) is 10.5 Å². The van der Waals surface area contributed by atoms with E-state index < -0.39 is 0 Å². The molecule has 0 aliphatic carbocycles. The van der Waals surface area contributed by atoms with Crippen molar-refractivity contribution in [2.24, 2.45) is 0 Å². The molecule has 0 radical (unpaired) electrons. The molecule has 5 heterocycles. The minimum absolute atomic E-state index is 0.659. The molecule has 0 saturated heterocycles. The van der Waals surface area contributed by atoms with Gasteiger partial charge >= 0.3 is 0 Å². The van der Waals surface area contributed by atoms with Gasteiger partial charge in [-0.3, -0.25) is 4.98 Å². The van der Waals surface area contributed by atoms with Crippen LogP contribution in [0.1, 0.15) is 11.1 Å². The van der Waals surface area contributed by atoms with Crippen molar-refractivity contribution in [1.29, 1.82) is 10.5 Å². The van der Waals surface area contributed by atoms with Crippen LogP contribution in [0.4, 0.5) is 0 Å². The first-order valence-corrected chi connectivity index (χ1v) is 31.4. The first-order valence-electron chi connectivity index (χ1n) is 31.4. The zero-order valence-corrected chi connectivity index (χ0v) is 50.2. The summed E-state index contributed by atoms with van der Waals surface area (Å²) in [7, 11) is 0. The Labute approximate surface area is 539 Å². The molecule has 432 valence electrons. The van der Waals surface area contributed by atoms with Gasteiger partial charge in [-0.15, -0.1) is 0 Å². The van der Waals surface area contributed by atoms with Crippen molar-refractivity contribution in [3.8, 4) is 125 Å². The van der Waals surface area contributed by atoms with Crippen LogP contribution in [-0.4, -0.2) is 15.0 Å². The second-order valence-electron chi connectivity index (χ2n) is 24.4. The Hall–Kier alpha value is -13.1. The lowest BCUT2D eigenvalue weighted by atomic mass is 9.88. The smallest absolute Gasteiger partial charge is 0.136 e. The summed E-state index contributed by atoms with van der Waals surface area (Å²) in [6.07, 6.45) is 3.60. The van der Waals surface area contributed by atoms with Gasteiger partial charge in [-0.1, -0.05) is 140 Å². The molecule has 0 amide bonds. The Balaban J connectivity index is 0.000000133. The van der Waals surface area contributed by atoms with Gasteiger partial charge in [0.25, 0.3) is 0 Å². The molecule has 20 rings (SSSR count). The minimum atomic E-state index is 0.659. The van der Waals surface area contributed by atoms with Crippen molar-refractivity contribution in [2.45, 2.75) is 0 Å². The number of aromatic nitrogens is 3. The summed E-state index contributed by atoms with van der Waals surface area (Å²) < 4.78 is 12.9.